The molecule has 0 saturated heterocycles. The van der Waals surface area contributed by atoms with Gasteiger partial charge in [-0.25, -0.2) is 0 Å². The number of nitrogens with one attached hydrogen (secondary N) is 3. The summed E-state index contributed by atoms with van der Waals surface area (Å²) in [6.07, 6.45) is 1.59. The Balaban J connectivity index is 1.67. The quantitative estimate of drug-likeness (QED) is 0.420. The molecule has 7 nitrogen and oxygen atoms in total. The number of ether oxygens (including phenoxy) is 2. The summed E-state index contributed by atoms with van der Waals surface area (Å²) >= 11 is 0. The van der Waals surface area contributed by atoms with Gasteiger partial charge in [-0.15, -0.1) is 0 Å². The minimum atomic E-state index is -0.0660. The van der Waals surface area contributed by atoms with Gasteiger partial charge in [0.1, 0.15) is 0 Å². The lowest BCUT2D eigenvalue weighted by Gasteiger charge is -2.13. The van der Waals surface area contributed by atoms with Gasteiger partial charge in [0.2, 0.25) is 5.91 Å². The van der Waals surface area contributed by atoms with E-state index in [1.165, 1.54) is 5.56 Å². The number of carbonyl (C=O) groups is 1. The van der Waals surface area contributed by atoms with Crippen LogP contribution in [0.4, 0.5) is 0 Å². The van der Waals surface area contributed by atoms with Crippen molar-refractivity contribution in [2.45, 2.75) is 12.8 Å². The lowest BCUT2D eigenvalue weighted by Crippen LogP contribution is -2.44. The SMILES string of the molecule is CN=C(NCCc1ccc(OC)c(OC)c1)NCC(=O)NCCc1ccccc1. The zero-order valence-electron chi connectivity index (χ0n) is 17.3. The Morgan fingerprint density at radius 3 is 2.24 bits per heavy atom. The predicted molar refractivity (Wildman–Crippen MR) is 116 cm³/mol. The van der Waals surface area contributed by atoms with Gasteiger partial charge >= 0.3 is 0 Å². The van der Waals surface area contributed by atoms with E-state index in [1.807, 2.05) is 36.4 Å². The molecule has 0 spiro atoms. The van der Waals surface area contributed by atoms with Crippen LogP contribution in [0.1, 0.15) is 11.1 Å². The summed E-state index contributed by atoms with van der Waals surface area (Å²) in [5.74, 6) is 1.94. The van der Waals surface area contributed by atoms with E-state index in [0.29, 0.717) is 30.5 Å². The van der Waals surface area contributed by atoms with E-state index in [2.05, 4.69) is 33.1 Å². The van der Waals surface area contributed by atoms with Gasteiger partial charge in [0.15, 0.2) is 17.5 Å². The van der Waals surface area contributed by atoms with Gasteiger partial charge in [-0.1, -0.05) is 36.4 Å². The van der Waals surface area contributed by atoms with Crippen molar-refractivity contribution in [1.29, 1.82) is 0 Å². The molecule has 0 aliphatic carbocycles. The summed E-state index contributed by atoms with van der Waals surface area (Å²) in [6.45, 7) is 1.45. The second-order valence-corrected chi connectivity index (χ2v) is 6.38. The van der Waals surface area contributed by atoms with Crippen molar-refractivity contribution in [2.75, 3.05) is 40.9 Å². The first-order valence-electron chi connectivity index (χ1n) is 9.62. The molecule has 156 valence electrons. The van der Waals surface area contributed by atoms with E-state index in [0.717, 1.165) is 18.4 Å². The Labute approximate surface area is 172 Å². The van der Waals surface area contributed by atoms with Gasteiger partial charge in [0, 0.05) is 20.1 Å². The van der Waals surface area contributed by atoms with Gasteiger partial charge in [-0.3, -0.25) is 9.79 Å². The molecular weight excluding hydrogens is 368 g/mol. The lowest BCUT2D eigenvalue weighted by molar-refractivity contribution is -0.119. The second kappa shape index (κ2) is 12.3. The van der Waals surface area contributed by atoms with Gasteiger partial charge in [0.05, 0.1) is 20.8 Å². The fourth-order valence-electron chi connectivity index (χ4n) is 2.80. The van der Waals surface area contributed by atoms with E-state index >= 15 is 0 Å². The molecule has 0 bridgehead atoms. The van der Waals surface area contributed by atoms with Gasteiger partial charge < -0.3 is 25.4 Å². The van der Waals surface area contributed by atoms with Crippen molar-refractivity contribution < 1.29 is 14.3 Å². The smallest absolute Gasteiger partial charge is 0.239 e. The first kappa shape index (κ1) is 22.1. The number of nitrogens with zero attached hydrogens (tertiary/aromatic N) is 1. The molecule has 0 atom stereocenters. The molecule has 0 heterocycles. The average Bonchev–Trinajstić information content (AvgIpc) is 2.76. The summed E-state index contributed by atoms with van der Waals surface area (Å²) in [5.41, 5.74) is 2.32. The number of amides is 1. The summed E-state index contributed by atoms with van der Waals surface area (Å²) in [5, 5.41) is 9.14. The topological polar surface area (TPSA) is 84.0 Å². The first-order chi connectivity index (χ1) is 14.2. The average molecular weight is 399 g/mol. The molecule has 0 fully saturated rings. The molecule has 2 rings (SSSR count). The Morgan fingerprint density at radius 2 is 1.55 bits per heavy atom. The lowest BCUT2D eigenvalue weighted by atomic mass is 10.1. The molecule has 3 N–H and O–H groups in total. The second-order valence-electron chi connectivity index (χ2n) is 6.38. The molecule has 7 heteroatoms. The predicted octanol–water partition coefficient (Wildman–Crippen LogP) is 1.77. The normalized spacial score (nSPS) is 10.9. The van der Waals surface area contributed by atoms with Gasteiger partial charge in [-0.05, 0) is 36.1 Å². The molecule has 0 unspecified atom stereocenters. The van der Waals surface area contributed by atoms with Crippen molar-refractivity contribution in [3.05, 3.63) is 59.7 Å². The zero-order valence-corrected chi connectivity index (χ0v) is 17.3. The number of carbonyl (C=O) groups excluding carboxylic acids is 1. The van der Waals surface area contributed by atoms with E-state index in [4.69, 9.17) is 9.47 Å². The van der Waals surface area contributed by atoms with Crippen LogP contribution in [-0.2, 0) is 17.6 Å². The standard InChI is InChI=1S/C22H30N4O3/c1-23-22(25-14-12-18-9-10-19(28-2)20(15-18)29-3)26-16-21(27)24-13-11-17-7-5-4-6-8-17/h4-10,15H,11-14,16H2,1-3H3,(H,24,27)(H2,23,25,26). The largest absolute Gasteiger partial charge is 0.493 e. The van der Waals surface area contributed by atoms with E-state index in [1.54, 1.807) is 21.3 Å². The molecule has 29 heavy (non-hydrogen) atoms. The maximum Gasteiger partial charge on any atom is 0.239 e. The molecule has 0 radical (unpaired) electrons. The number of rotatable bonds is 10. The number of hydrogen-bond donors (Lipinski definition) is 3. The third kappa shape index (κ3) is 7.73. The third-order valence-corrected chi connectivity index (χ3v) is 4.37. The molecule has 2 aromatic rings. The van der Waals surface area contributed by atoms with Gasteiger partial charge in [0.25, 0.3) is 0 Å². The third-order valence-electron chi connectivity index (χ3n) is 4.37. The number of benzene rings is 2. The first-order valence-corrected chi connectivity index (χ1v) is 9.62. The molecule has 0 aromatic heterocycles. The van der Waals surface area contributed by atoms with Crippen molar-refractivity contribution >= 4 is 11.9 Å². The molecule has 0 aliphatic heterocycles. The molecule has 0 aliphatic rings. The highest BCUT2D eigenvalue weighted by molar-refractivity contribution is 5.86. The van der Waals surface area contributed by atoms with Crippen molar-refractivity contribution in [2.24, 2.45) is 4.99 Å². The van der Waals surface area contributed by atoms with Crippen molar-refractivity contribution in [3.8, 4) is 11.5 Å². The maximum atomic E-state index is 12.0. The number of methoxy groups -OCH3 is 2. The van der Waals surface area contributed by atoms with Crippen molar-refractivity contribution in [1.82, 2.24) is 16.0 Å². The van der Waals surface area contributed by atoms with E-state index in [9.17, 15) is 4.79 Å². The van der Waals surface area contributed by atoms with Crippen LogP contribution in [0.5, 0.6) is 11.5 Å². The van der Waals surface area contributed by atoms with Crippen LogP contribution < -0.4 is 25.4 Å². The summed E-state index contributed by atoms with van der Waals surface area (Å²) in [6, 6.07) is 15.9. The van der Waals surface area contributed by atoms with Crippen LogP contribution in [0.15, 0.2) is 53.5 Å². The summed E-state index contributed by atoms with van der Waals surface area (Å²) in [4.78, 5) is 16.1. The summed E-state index contributed by atoms with van der Waals surface area (Å²) in [7, 11) is 4.92. The monoisotopic (exact) mass is 398 g/mol. The number of guanidine groups is 1. The fraction of sp³-hybridized carbons (Fsp3) is 0.364. The Kier molecular flexibility index (Phi) is 9.35. The van der Waals surface area contributed by atoms with Crippen LogP contribution in [0, 0.1) is 0 Å². The van der Waals surface area contributed by atoms with E-state index < -0.39 is 0 Å². The Bertz CT molecular complexity index is 794. The molecule has 2 aromatic carbocycles. The fourth-order valence-corrected chi connectivity index (χ4v) is 2.80. The van der Waals surface area contributed by atoms with Crippen LogP contribution in [0.3, 0.4) is 0 Å². The highest BCUT2D eigenvalue weighted by atomic mass is 16.5. The highest BCUT2D eigenvalue weighted by Gasteiger charge is 2.06. The van der Waals surface area contributed by atoms with Crippen LogP contribution in [0.25, 0.3) is 0 Å². The maximum absolute atomic E-state index is 12.0. The number of hydrogen-bond acceptors (Lipinski definition) is 4. The minimum absolute atomic E-state index is 0.0660. The Morgan fingerprint density at radius 1 is 0.862 bits per heavy atom. The van der Waals surface area contributed by atoms with Crippen LogP contribution >= 0.6 is 0 Å². The van der Waals surface area contributed by atoms with Crippen molar-refractivity contribution in [3.63, 3.8) is 0 Å². The Hall–Kier alpha value is -3.22. The molecule has 0 saturated carbocycles. The minimum Gasteiger partial charge on any atom is -0.493 e. The highest BCUT2D eigenvalue weighted by Crippen LogP contribution is 2.27. The summed E-state index contributed by atoms with van der Waals surface area (Å²) < 4.78 is 10.6. The van der Waals surface area contributed by atoms with Gasteiger partial charge in [-0.2, -0.15) is 0 Å². The molecular formula is C22H30N4O3. The van der Waals surface area contributed by atoms with Crippen LogP contribution in [0.2, 0.25) is 0 Å². The van der Waals surface area contributed by atoms with Crippen LogP contribution in [-0.4, -0.2) is 52.8 Å². The number of aliphatic imine (C=N–C) groups is 1. The zero-order chi connectivity index (χ0) is 20.9. The van der Waals surface area contributed by atoms with E-state index in [-0.39, 0.29) is 12.5 Å². The molecule has 1 amide bonds.